The zero-order chi connectivity index (χ0) is 26.8. The van der Waals surface area contributed by atoms with Crippen LogP contribution in [0.2, 0.25) is 0 Å². The smallest absolute Gasteiger partial charge is 0.263 e. The van der Waals surface area contributed by atoms with Gasteiger partial charge in [-0.1, -0.05) is 32.1 Å². The lowest BCUT2D eigenvalue weighted by Gasteiger charge is -2.34. The van der Waals surface area contributed by atoms with Crippen molar-refractivity contribution in [1.82, 2.24) is 14.5 Å². The van der Waals surface area contributed by atoms with Crippen molar-refractivity contribution >= 4 is 48.1 Å². The molecule has 1 aliphatic heterocycles. The summed E-state index contributed by atoms with van der Waals surface area (Å²) >= 11 is 1.16. The van der Waals surface area contributed by atoms with E-state index in [9.17, 15) is 21.6 Å². The van der Waals surface area contributed by atoms with E-state index in [1.54, 1.807) is 0 Å². The van der Waals surface area contributed by atoms with Crippen molar-refractivity contribution in [2.24, 2.45) is 11.8 Å². The highest BCUT2D eigenvalue weighted by Crippen LogP contribution is 2.27. The minimum absolute atomic E-state index is 0.00894. The molecular formula is C24H29N5O5S3. The third-order valence-electron chi connectivity index (χ3n) is 6.00. The van der Waals surface area contributed by atoms with Crippen LogP contribution in [0.15, 0.2) is 58.3 Å². The molecule has 0 spiro atoms. The van der Waals surface area contributed by atoms with Crippen molar-refractivity contribution < 1.29 is 21.6 Å². The number of anilines is 2. The van der Waals surface area contributed by atoms with Crippen molar-refractivity contribution in [2.75, 3.05) is 23.1 Å². The summed E-state index contributed by atoms with van der Waals surface area (Å²) in [5.74, 6) is 0.136. The molecule has 198 valence electrons. The first-order chi connectivity index (χ1) is 17.5. The van der Waals surface area contributed by atoms with Crippen LogP contribution < -0.4 is 10.0 Å². The zero-order valence-electron chi connectivity index (χ0n) is 20.7. The Kier molecular flexibility index (Phi) is 7.97. The Balaban J connectivity index is 1.41. The van der Waals surface area contributed by atoms with Crippen LogP contribution in [0.4, 0.5) is 10.8 Å². The van der Waals surface area contributed by atoms with E-state index in [-0.39, 0.29) is 20.5 Å². The number of nitrogens with zero attached hydrogens (tertiary/aromatic N) is 3. The van der Waals surface area contributed by atoms with Crippen LogP contribution in [0.1, 0.15) is 42.6 Å². The Morgan fingerprint density at radius 2 is 1.54 bits per heavy atom. The average molecular weight is 564 g/mol. The molecule has 13 heteroatoms. The SMILES string of the molecule is CCc1nnc(NS(=O)(=O)c2ccc(NC(=O)c3ccc(S(=O)(=O)N4C[C@H](C)C[C@@H](C)C4)cc3)cc2)s1. The zero-order valence-corrected chi connectivity index (χ0v) is 23.2. The quantitative estimate of drug-likeness (QED) is 0.425. The van der Waals surface area contributed by atoms with E-state index in [0.29, 0.717) is 37.0 Å². The maximum absolute atomic E-state index is 13.1. The lowest BCUT2D eigenvalue weighted by Crippen LogP contribution is -2.42. The number of benzene rings is 2. The van der Waals surface area contributed by atoms with Crippen LogP contribution in [-0.4, -0.2) is 50.3 Å². The minimum atomic E-state index is -3.86. The molecule has 37 heavy (non-hydrogen) atoms. The molecule has 1 aliphatic rings. The second-order valence-electron chi connectivity index (χ2n) is 9.23. The van der Waals surface area contributed by atoms with Gasteiger partial charge >= 0.3 is 0 Å². The van der Waals surface area contributed by atoms with Gasteiger partial charge in [0.15, 0.2) is 0 Å². The molecule has 4 rings (SSSR count). The van der Waals surface area contributed by atoms with E-state index in [1.807, 2.05) is 20.8 Å². The van der Waals surface area contributed by atoms with Crippen molar-refractivity contribution in [3.05, 3.63) is 59.1 Å². The highest BCUT2D eigenvalue weighted by Gasteiger charge is 2.31. The Morgan fingerprint density at radius 3 is 2.11 bits per heavy atom. The lowest BCUT2D eigenvalue weighted by atomic mass is 9.94. The Morgan fingerprint density at radius 1 is 0.946 bits per heavy atom. The molecule has 2 N–H and O–H groups in total. The predicted octanol–water partition coefficient (Wildman–Crippen LogP) is 3.82. The first-order valence-corrected chi connectivity index (χ1v) is 15.6. The first kappa shape index (κ1) is 27.2. The molecule has 1 aromatic heterocycles. The number of aromatic nitrogens is 2. The summed E-state index contributed by atoms with van der Waals surface area (Å²) in [7, 11) is -7.50. The number of hydrogen-bond donors (Lipinski definition) is 2. The summed E-state index contributed by atoms with van der Waals surface area (Å²) in [5, 5.41) is 11.3. The van der Waals surface area contributed by atoms with Crippen molar-refractivity contribution in [2.45, 2.75) is 43.4 Å². The van der Waals surface area contributed by atoms with Gasteiger partial charge in [0, 0.05) is 24.3 Å². The summed E-state index contributed by atoms with van der Waals surface area (Å²) in [6, 6.07) is 11.5. The predicted molar refractivity (Wildman–Crippen MR) is 143 cm³/mol. The van der Waals surface area contributed by atoms with E-state index < -0.39 is 26.0 Å². The number of piperidine rings is 1. The molecule has 10 nitrogen and oxygen atoms in total. The summed E-state index contributed by atoms with van der Waals surface area (Å²) in [6.45, 7) is 6.96. The fourth-order valence-corrected chi connectivity index (χ4v) is 7.85. The molecule has 2 atom stereocenters. The van der Waals surface area contributed by atoms with Crippen LogP contribution in [0.5, 0.6) is 0 Å². The van der Waals surface area contributed by atoms with Gasteiger partial charge in [-0.15, -0.1) is 10.2 Å². The van der Waals surface area contributed by atoms with Gasteiger partial charge in [-0.2, -0.15) is 4.31 Å². The molecule has 3 aromatic rings. The maximum Gasteiger partial charge on any atom is 0.263 e. The van der Waals surface area contributed by atoms with Gasteiger partial charge in [0.25, 0.3) is 15.9 Å². The van der Waals surface area contributed by atoms with Crippen molar-refractivity contribution in [1.29, 1.82) is 0 Å². The highest BCUT2D eigenvalue weighted by atomic mass is 32.2. The lowest BCUT2D eigenvalue weighted by molar-refractivity contribution is 0.102. The van der Waals surface area contributed by atoms with Crippen LogP contribution >= 0.6 is 11.3 Å². The molecule has 0 bridgehead atoms. The van der Waals surface area contributed by atoms with Gasteiger partial charge in [-0.05, 0) is 73.2 Å². The topological polar surface area (TPSA) is 138 Å². The summed E-state index contributed by atoms with van der Waals surface area (Å²) in [4.78, 5) is 12.9. The molecule has 0 unspecified atom stereocenters. The van der Waals surface area contributed by atoms with Crippen LogP contribution in [-0.2, 0) is 26.5 Å². The summed E-state index contributed by atoms with van der Waals surface area (Å²) in [6.07, 6.45) is 1.65. The number of rotatable bonds is 8. The maximum atomic E-state index is 13.1. The third-order valence-corrected chi connectivity index (χ3v) is 10.3. The second-order valence-corrected chi connectivity index (χ2v) is 13.9. The molecule has 0 saturated carbocycles. The van der Waals surface area contributed by atoms with Crippen LogP contribution in [0, 0.1) is 11.8 Å². The van der Waals surface area contributed by atoms with Crippen LogP contribution in [0.25, 0.3) is 0 Å². The number of amides is 1. The Hall–Kier alpha value is -2.87. The van der Waals surface area contributed by atoms with Gasteiger partial charge in [0.2, 0.25) is 15.2 Å². The standard InChI is InChI=1S/C24H29N5O5S3/c1-4-22-26-27-24(35-22)28-36(31,32)20-11-7-19(8-12-20)25-23(30)18-5-9-21(10-6-18)37(33,34)29-14-16(2)13-17(3)15-29/h5-12,16-17H,4,13-15H2,1-3H3,(H,25,30)(H,27,28)/t16-,17-/m1/s1. The van der Waals surface area contributed by atoms with Crippen molar-refractivity contribution in [3.8, 4) is 0 Å². The van der Waals surface area contributed by atoms with Gasteiger partial charge in [0.05, 0.1) is 9.79 Å². The van der Waals surface area contributed by atoms with E-state index in [0.717, 1.165) is 22.8 Å². The summed E-state index contributed by atoms with van der Waals surface area (Å²) in [5.41, 5.74) is 0.668. The van der Waals surface area contributed by atoms with E-state index >= 15 is 0 Å². The Labute approximate surface area is 221 Å². The highest BCUT2D eigenvalue weighted by molar-refractivity contribution is 7.93. The molecule has 0 radical (unpaired) electrons. The fraction of sp³-hybridized carbons (Fsp3) is 0.375. The van der Waals surface area contributed by atoms with Gasteiger partial charge in [0.1, 0.15) is 5.01 Å². The molecule has 1 amide bonds. The molecule has 2 heterocycles. The average Bonchev–Trinajstić information content (AvgIpc) is 3.30. The molecule has 2 aromatic carbocycles. The third kappa shape index (κ3) is 6.35. The normalized spacial score (nSPS) is 18.9. The minimum Gasteiger partial charge on any atom is -0.322 e. The second kappa shape index (κ2) is 10.9. The van der Waals surface area contributed by atoms with E-state index in [4.69, 9.17) is 0 Å². The first-order valence-electron chi connectivity index (χ1n) is 11.8. The van der Waals surface area contributed by atoms with Crippen molar-refractivity contribution in [3.63, 3.8) is 0 Å². The molecule has 1 saturated heterocycles. The van der Waals surface area contributed by atoms with Crippen LogP contribution in [0.3, 0.4) is 0 Å². The van der Waals surface area contributed by atoms with Gasteiger partial charge in [-0.3, -0.25) is 9.52 Å². The van der Waals surface area contributed by atoms with E-state index in [2.05, 4.69) is 20.2 Å². The van der Waals surface area contributed by atoms with Gasteiger partial charge in [-0.25, -0.2) is 16.8 Å². The number of sulfonamides is 2. The Bertz CT molecular complexity index is 1460. The largest absolute Gasteiger partial charge is 0.322 e. The fourth-order valence-electron chi connectivity index (χ4n) is 4.26. The monoisotopic (exact) mass is 563 g/mol. The number of nitrogens with one attached hydrogen (secondary N) is 2. The number of aryl methyl sites for hydroxylation is 1. The number of hydrogen-bond acceptors (Lipinski definition) is 8. The molecule has 1 fully saturated rings. The molecule has 0 aliphatic carbocycles. The van der Waals surface area contributed by atoms with Gasteiger partial charge < -0.3 is 5.32 Å². The summed E-state index contributed by atoms with van der Waals surface area (Å²) < 4.78 is 55.2. The van der Waals surface area contributed by atoms with E-state index in [1.165, 1.54) is 52.8 Å². The molecular weight excluding hydrogens is 534 g/mol. The number of carbonyl (C=O) groups is 1. The number of carbonyl (C=O) groups excluding carboxylic acids is 1.